The molecule has 0 saturated carbocycles. The summed E-state index contributed by atoms with van der Waals surface area (Å²) >= 11 is 1.73. The smallest absolute Gasteiger partial charge is 0.317 e. The Morgan fingerprint density at radius 1 is 1.17 bits per heavy atom. The Kier molecular flexibility index (Phi) is 8.36. The summed E-state index contributed by atoms with van der Waals surface area (Å²) in [5, 5.41) is 6.70. The van der Waals surface area contributed by atoms with E-state index in [1.165, 1.54) is 4.88 Å². The lowest BCUT2D eigenvalue weighted by Gasteiger charge is -2.22. The van der Waals surface area contributed by atoms with Crippen LogP contribution in [0.1, 0.15) is 40.6 Å². The Morgan fingerprint density at radius 2 is 1.94 bits per heavy atom. The Hall–Kier alpha value is -3.39. The molecule has 3 aromatic rings. The number of thiazole rings is 1. The highest BCUT2D eigenvalue weighted by molar-refractivity contribution is 7.16. The largest absolute Gasteiger partial charge is 0.350 e. The maximum atomic E-state index is 12.5. The number of hydrogen-bond acceptors (Lipinski definition) is 5. The van der Waals surface area contributed by atoms with Gasteiger partial charge < -0.3 is 20.4 Å². The average molecular weight is 492 g/mol. The third-order valence-electron chi connectivity index (χ3n) is 6.09. The fourth-order valence-electron chi connectivity index (χ4n) is 4.09. The summed E-state index contributed by atoms with van der Waals surface area (Å²) in [6, 6.07) is 18.0. The minimum Gasteiger partial charge on any atom is -0.350 e. The zero-order valence-corrected chi connectivity index (χ0v) is 21.2. The second kappa shape index (κ2) is 11.8. The molecule has 8 heteroatoms. The average Bonchev–Trinajstić information content (AvgIpc) is 3.47. The summed E-state index contributed by atoms with van der Waals surface area (Å²) in [5.41, 5.74) is 3.95. The number of anilines is 1. The van der Waals surface area contributed by atoms with Crippen LogP contribution >= 0.6 is 11.3 Å². The zero-order valence-electron chi connectivity index (χ0n) is 20.4. The first-order valence-electron chi connectivity index (χ1n) is 12.2. The van der Waals surface area contributed by atoms with Gasteiger partial charge in [0.25, 0.3) is 5.91 Å². The van der Waals surface area contributed by atoms with E-state index in [-0.39, 0.29) is 11.9 Å². The number of hydrogen-bond donors (Lipinski definition) is 2. The highest BCUT2D eigenvalue weighted by Gasteiger charge is 2.19. The molecule has 0 unspecified atom stereocenters. The third-order valence-corrected chi connectivity index (χ3v) is 7.12. The van der Waals surface area contributed by atoms with Crippen LogP contribution < -0.4 is 15.5 Å². The number of rotatable bonds is 11. The van der Waals surface area contributed by atoms with E-state index >= 15 is 0 Å². The van der Waals surface area contributed by atoms with Gasteiger partial charge in [-0.2, -0.15) is 0 Å². The predicted octanol–water partition coefficient (Wildman–Crippen LogP) is 4.68. The molecule has 1 aliphatic rings. The predicted molar refractivity (Wildman–Crippen MR) is 142 cm³/mol. The number of carbonyl (C=O) groups is 2. The number of nitrogens with one attached hydrogen (secondary N) is 2. The molecule has 7 nitrogen and oxygen atoms in total. The molecule has 0 radical (unpaired) electrons. The number of aromatic nitrogens is 1. The molecule has 1 aliphatic heterocycles. The first kappa shape index (κ1) is 24.7. The third kappa shape index (κ3) is 6.39. The van der Waals surface area contributed by atoms with Crippen molar-refractivity contribution in [3.8, 4) is 11.3 Å². The normalized spacial score (nSPS) is 13.1. The second-order valence-corrected chi connectivity index (χ2v) is 9.90. The van der Waals surface area contributed by atoms with E-state index in [0.717, 1.165) is 47.9 Å². The molecule has 2 aromatic carbocycles. The van der Waals surface area contributed by atoms with Gasteiger partial charge in [0.05, 0.1) is 5.69 Å². The van der Waals surface area contributed by atoms with Crippen LogP contribution in [0.4, 0.5) is 9.93 Å². The van der Waals surface area contributed by atoms with Crippen molar-refractivity contribution < 1.29 is 9.59 Å². The van der Waals surface area contributed by atoms with Crippen molar-refractivity contribution in [2.24, 2.45) is 0 Å². The second-order valence-electron chi connectivity index (χ2n) is 8.71. The van der Waals surface area contributed by atoms with Crippen LogP contribution in [0.15, 0.2) is 54.6 Å². The van der Waals surface area contributed by atoms with Gasteiger partial charge in [0.15, 0.2) is 5.13 Å². The highest BCUT2D eigenvalue weighted by atomic mass is 32.1. The standard InChI is InChI=1S/C27H33N5O2S/c1-3-4-16-32(27-30-24(20(2)35-27)22-8-6-5-7-9-22)19-21-10-12-23(13-11-21)25(33)28-14-17-31-18-15-29-26(31)34/h5-13H,3-4,14-19H2,1-2H3,(H,28,33)(H,29,34). The molecule has 0 bridgehead atoms. The van der Waals surface area contributed by atoms with Crippen molar-refractivity contribution in [2.45, 2.75) is 33.2 Å². The van der Waals surface area contributed by atoms with Crippen LogP contribution in [0.3, 0.4) is 0 Å². The first-order chi connectivity index (χ1) is 17.0. The Bertz CT molecular complexity index is 1130. The van der Waals surface area contributed by atoms with E-state index in [9.17, 15) is 9.59 Å². The fourth-order valence-corrected chi connectivity index (χ4v) is 5.04. The van der Waals surface area contributed by atoms with Crippen LogP contribution in [-0.2, 0) is 6.54 Å². The molecule has 2 N–H and O–H groups in total. The summed E-state index contributed by atoms with van der Waals surface area (Å²) in [6.45, 7) is 8.31. The van der Waals surface area contributed by atoms with E-state index in [2.05, 4.69) is 41.5 Å². The van der Waals surface area contributed by atoms with E-state index in [4.69, 9.17) is 4.98 Å². The molecule has 0 atom stereocenters. The van der Waals surface area contributed by atoms with Gasteiger partial charge >= 0.3 is 6.03 Å². The summed E-state index contributed by atoms with van der Waals surface area (Å²) in [7, 11) is 0. The van der Waals surface area contributed by atoms with Crippen molar-refractivity contribution in [1.82, 2.24) is 20.5 Å². The van der Waals surface area contributed by atoms with E-state index in [1.807, 2.05) is 42.5 Å². The number of amides is 3. The van der Waals surface area contributed by atoms with Crippen molar-refractivity contribution >= 4 is 28.4 Å². The SMILES string of the molecule is CCCCN(Cc1ccc(C(=O)NCCN2CCNC2=O)cc1)c1nc(-c2ccccc2)c(C)s1. The molecule has 3 amide bonds. The summed E-state index contributed by atoms with van der Waals surface area (Å²) < 4.78 is 0. The Labute approximate surface area is 211 Å². The molecule has 2 heterocycles. The first-order valence-corrected chi connectivity index (χ1v) is 13.0. The molecule has 0 spiro atoms. The number of unbranched alkanes of at least 4 members (excludes halogenated alkanes) is 1. The van der Waals surface area contributed by atoms with Gasteiger partial charge in [-0.25, -0.2) is 9.78 Å². The molecule has 1 saturated heterocycles. The minimum absolute atomic E-state index is 0.0671. The number of urea groups is 1. The quantitative estimate of drug-likeness (QED) is 0.408. The lowest BCUT2D eigenvalue weighted by atomic mass is 10.1. The molecule has 1 fully saturated rings. The summed E-state index contributed by atoms with van der Waals surface area (Å²) in [6.07, 6.45) is 2.21. The Balaban J connectivity index is 1.39. The topological polar surface area (TPSA) is 77.6 Å². The molecular weight excluding hydrogens is 458 g/mol. The molecule has 1 aromatic heterocycles. The molecule has 35 heavy (non-hydrogen) atoms. The van der Waals surface area contributed by atoms with E-state index in [1.54, 1.807) is 16.2 Å². The zero-order chi connectivity index (χ0) is 24.6. The van der Waals surface area contributed by atoms with Crippen LogP contribution in [-0.4, -0.2) is 54.5 Å². The van der Waals surface area contributed by atoms with Crippen molar-refractivity contribution in [2.75, 3.05) is 37.6 Å². The maximum absolute atomic E-state index is 12.5. The van der Waals surface area contributed by atoms with Crippen molar-refractivity contribution in [1.29, 1.82) is 0 Å². The highest BCUT2D eigenvalue weighted by Crippen LogP contribution is 2.33. The summed E-state index contributed by atoms with van der Waals surface area (Å²) in [5.74, 6) is -0.123. The lowest BCUT2D eigenvalue weighted by Crippen LogP contribution is -2.36. The Morgan fingerprint density at radius 3 is 2.63 bits per heavy atom. The molecule has 4 rings (SSSR count). The minimum atomic E-state index is -0.123. The van der Waals surface area contributed by atoms with Crippen molar-refractivity contribution in [3.05, 3.63) is 70.6 Å². The van der Waals surface area contributed by atoms with Gasteiger partial charge in [-0.15, -0.1) is 11.3 Å². The van der Waals surface area contributed by atoms with Crippen LogP contribution in [0.5, 0.6) is 0 Å². The molecule has 0 aliphatic carbocycles. The fraction of sp³-hybridized carbons (Fsp3) is 0.370. The van der Waals surface area contributed by atoms with Crippen LogP contribution in [0, 0.1) is 6.92 Å². The van der Waals surface area contributed by atoms with Crippen LogP contribution in [0.2, 0.25) is 0 Å². The van der Waals surface area contributed by atoms with Gasteiger partial charge in [-0.1, -0.05) is 55.8 Å². The van der Waals surface area contributed by atoms with Crippen molar-refractivity contribution in [3.63, 3.8) is 0 Å². The monoisotopic (exact) mass is 491 g/mol. The summed E-state index contributed by atoms with van der Waals surface area (Å²) in [4.78, 5) is 34.4. The molecular formula is C27H33N5O2S. The van der Waals surface area contributed by atoms with E-state index < -0.39 is 0 Å². The van der Waals surface area contributed by atoms with Crippen LogP contribution in [0.25, 0.3) is 11.3 Å². The maximum Gasteiger partial charge on any atom is 0.317 e. The van der Waals surface area contributed by atoms with Gasteiger partial charge in [0, 0.05) is 55.3 Å². The van der Waals surface area contributed by atoms with Gasteiger partial charge in [-0.3, -0.25) is 4.79 Å². The number of nitrogens with zero attached hydrogens (tertiary/aromatic N) is 3. The molecule has 184 valence electrons. The number of benzene rings is 2. The van der Waals surface area contributed by atoms with Gasteiger partial charge in [0.1, 0.15) is 0 Å². The van der Waals surface area contributed by atoms with Gasteiger partial charge in [0.2, 0.25) is 0 Å². The van der Waals surface area contributed by atoms with E-state index in [0.29, 0.717) is 31.7 Å². The number of carbonyl (C=O) groups excluding carboxylic acids is 2. The van der Waals surface area contributed by atoms with Gasteiger partial charge in [-0.05, 0) is 31.0 Å². The number of aryl methyl sites for hydroxylation is 1. The lowest BCUT2D eigenvalue weighted by molar-refractivity contribution is 0.0950.